The van der Waals surface area contributed by atoms with Crippen molar-refractivity contribution in [2.45, 2.75) is 45.2 Å². The van der Waals surface area contributed by atoms with Crippen LogP contribution in [0.25, 0.3) is 0 Å². The summed E-state index contributed by atoms with van der Waals surface area (Å²) in [5, 5.41) is 11.8. The molecule has 0 unspecified atom stereocenters. The van der Waals surface area contributed by atoms with E-state index >= 15 is 0 Å². The van der Waals surface area contributed by atoms with Crippen molar-refractivity contribution in [2.75, 3.05) is 0 Å². The van der Waals surface area contributed by atoms with Gasteiger partial charge in [0.2, 0.25) is 5.91 Å². The number of nitrogens with zero attached hydrogens (tertiary/aromatic N) is 1. The fourth-order valence-corrected chi connectivity index (χ4v) is 2.02. The molecule has 1 amide bonds. The van der Waals surface area contributed by atoms with Crippen molar-refractivity contribution in [3.05, 3.63) is 35.9 Å². The Bertz CT molecular complexity index is 451. The van der Waals surface area contributed by atoms with Crippen LogP contribution in [0.4, 0.5) is 0 Å². The lowest BCUT2D eigenvalue weighted by molar-refractivity contribution is -0.123. The van der Waals surface area contributed by atoms with Gasteiger partial charge in [-0.15, -0.1) is 0 Å². The molecule has 108 valence electrons. The van der Waals surface area contributed by atoms with E-state index in [9.17, 15) is 4.79 Å². The van der Waals surface area contributed by atoms with Crippen LogP contribution in [0.1, 0.15) is 32.3 Å². The molecule has 0 heterocycles. The van der Waals surface area contributed by atoms with E-state index in [0.29, 0.717) is 18.8 Å². The lowest BCUT2D eigenvalue weighted by Crippen LogP contribution is -2.45. The third-order valence-corrected chi connectivity index (χ3v) is 3.10. The van der Waals surface area contributed by atoms with Crippen LogP contribution in [0, 0.1) is 17.2 Å². The maximum Gasteiger partial charge on any atom is 0.237 e. The van der Waals surface area contributed by atoms with E-state index in [2.05, 4.69) is 11.4 Å². The minimum absolute atomic E-state index is 0.238. The molecule has 1 aromatic rings. The quantitative estimate of drug-likeness (QED) is 0.797. The van der Waals surface area contributed by atoms with Crippen molar-refractivity contribution in [1.82, 2.24) is 5.32 Å². The molecule has 3 N–H and O–H groups in total. The van der Waals surface area contributed by atoms with Gasteiger partial charge >= 0.3 is 0 Å². The third-order valence-electron chi connectivity index (χ3n) is 3.10. The molecule has 0 saturated heterocycles. The van der Waals surface area contributed by atoms with Crippen LogP contribution in [0.15, 0.2) is 30.3 Å². The minimum Gasteiger partial charge on any atom is -0.339 e. The summed E-state index contributed by atoms with van der Waals surface area (Å²) in [5.41, 5.74) is 6.97. The molecule has 1 aromatic carbocycles. The standard InChI is InChI=1S/C16H23N3O/c1-12(2)10-15(18)16(20)19-14(11-17)9-8-13-6-4-3-5-7-13/h3-7,12,14-15H,8-10,18H2,1-2H3,(H,19,20)/t14-,15-/m0/s1. The highest BCUT2D eigenvalue weighted by Crippen LogP contribution is 2.06. The highest BCUT2D eigenvalue weighted by Gasteiger charge is 2.18. The van der Waals surface area contributed by atoms with Crippen LogP contribution in [0.5, 0.6) is 0 Å². The zero-order chi connectivity index (χ0) is 15.0. The SMILES string of the molecule is CC(C)C[C@H](N)C(=O)N[C@H](C#N)CCc1ccccc1. The highest BCUT2D eigenvalue weighted by molar-refractivity contribution is 5.82. The lowest BCUT2D eigenvalue weighted by Gasteiger charge is -2.17. The number of hydrogen-bond donors (Lipinski definition) is 2. The Morgan fingerprint density at radius 1 is 1.35 bits per heavy atom. The van der Waals surface area contributed by atoms with Gasteiger partial charge in [0.15, 0.2) is 0 Å². The van der Waals surface area contributed by atoms with E-state index in [-0.39, 0.29) is 5.91 Å². The summed E-state index contributed by atoms with van der Waals surface area (Å²) in [6.45, 7) is 4.04. The number of benzene rings is 1. The number of nitrogens with one attached hydrogen (secondary N) is 1. The van der Waals surface area contributed by atoms with Crippen molar-refractivity contribution >= 4 is 5.91 Å². The summed E-state index contributed by atoms with van der Waals surface area (Å²) in [5.74, 6) is 0.124. The molecule has 0 saturated carbocycles. The Labute approximate surface area is 121 Å². The third kappa shape index (κ3) is 5.85. The average Bonchev–Trinajstić information content (AvgIpc) is 2.43. The van der Waals surface area contributed by atoms with Gasteiger partial charge in [0.25, 0.3) is 0 Å². The first kappa shape index (κ1) is 16.2. The smallest absolute Gasteiger partial charge is 0.237 e. The van der Waals surface area contributed by atoms with Crippen LogP contribution >= 0.6 is 0 Å². The molecule has 4 heteroatoms. The molecule has 0 aliphatic heterocycles. The maximum atomic E-state index is 11.9. The molecule has 20 heavy (non-hydrogen) atoms. The second-order valence-corrected chi connectivity index (χ2v) is 5.45. The fourth-order valence-electron chi connectivity index (χ4n) is 2.02. The van der Waals surface area contributed by atoms with E-state index in [1.165, 1.54) is 0 Å². The Morgan fingerprint density at radius 2 is 2.00 bits per heavy atom. The molecule has 0 aliphatic rings. The first-order valence-corrected chi connectivity index (χ1v) is 7.02. The second-order valence-electron chi connectivity index (χ2n) is 5.45. The van der Waals surface area contributed by atoms with Crippen LogP contribution in [0.2, 0.25) is 0 Å². The van der Waals surface area contributed by atoms with Gasteiger partial charge in [0, 0.05) is 0 Å². The molecular weight excluding hydrogens is 250 g/mol. The van der Waals surface area contributed by atoms with Crippen molar-refractivity contribution < 1.29 is 4.79 Å². The average molecular weight is 273 g/mol. The zero-order valence-corrected chi connectivity index (χ0v) is 12.2. The molecule has 2 atom stereocenters. The van der Waals surface area contributed by atoms with Gasteiger partial charge in [0.1, 0.15) is 6.04 Å². The van der Waals surface area contributed by atoms with Gasteiger partial charge in [0.05, 0.1) is 12.1 Å². The van der Waals surface area contributed by atoms with Crippen LogP contribution in [-0.2, 0) is 11.2 Å². The molecule has 0 aliphatic carbocycles. The van der Waals surface area contributed by atoms with E-state index in [4.69, 9.17) is 11.0 Å². The monoisotopic (exact) mass is 273 g/mol. The van der Waals surface area contributed by atoms with Gasteiger partial charge in [-0.2, -0.15) is 5.26 Å². The molecule has 0 radical (unpaired) electrons. The number of carbonyl (C=O) groups excluding carboxylic acids is 1. The zero-order valence-electron chi connectivity index (χ0n) is 12.2. The van der Waals surface area contributed by atoms with Crippen molar-refractivity contribution in [1.29, 1.82) is 5.26 Å². The van der Waals surface area contributed by atoms with Crippen LogP contribution in [-0.4, -0.2) is 18.0 Å². The van der Waals surface area contributed by atoms with E-state index < -0.39 is 12.1 Å². The lowest BCUT2D eigenvalue weighted by atomic mass is 10.0. The summed E-state index contributed by atoms with van der Waals surface area (Å²) in [7, 11) is 0. The van der Waals surface area contributed by atoms with Gasteiger partial charge in [-0.1, -0.05) is 44.2 Å². The summed E-state index contributed by atoms with van der Waals surface area (Å²) in [6, 6.07) is 11.0. The molecule has 0 aromatic heterocycles. The summed E-state index contributed by atoms with van der Waals surface area (Å²) < 4.78 is 0. The van der Waals surface area contributed by atoms with Gasteiger partial charge in [-0.25, -0.2) is 0 Å². The summed E-state index contributed by atoms with van der Waals surface area (Å²) >= 11 is 0. The number of rotatable bonds is 7. The number of aryl methyl sites for hydroxylation is 1. The number of nitrogens with two attached hydrogens (primary N) is 1. The predicted molar refractivity (Wildman–Crippen MR) is 79.7 cm³/mol. The summed E-state index contributed by atoms with van der Waals surface area (Å²) in [6.07, 6.45) is 1.99. The van der Waals surface area contributed by atoms with Crippen LogP contribution < -0.4 is 11.1 Å². The minimum atomic E-state index is -0.539. The summed E-state index contributed by atoms with van der Waals surface area (Å²) in [4.78, 5) is 11.9. The van der Waals surface area contributed by atoms with Gasteiger partial charge in [-0.3, -0.25) is 4.79 Å². The van der Waals surface area contributed by atoms with Crippen molar-refractivity contribution in [3.8, 4) is 6.07 Å². The Morgan fingerprint density at radius 3 is 2.55 bits per heavy atom. The number of nitriles is 1. The first-order chi connectivity index (χ1) is 9.52. The number of amides is 1. The Hall–Kier alpha value is -1.86. The molecule has 0 bridgehead atoms. The molecule has 1 rings (SSSR count). The molecule has 0 fully saturated rings. The number of carbonyl (C=O) groups is 1. The largest absolute Gasteiger partial charge is 0.339 e. The topological polar surface area (TPSA) is 78.9 Å². The Kier molecular flexibility index (Phi) is 6.75. The maximum absolute atomic E-state index is 11.9. The van der Waals surface area contributed by atoms with E-state index in [1.54, 1.807) is 0 Å². The molecule has 4 nitrogen and oxygen atoms in total. The predicted octanol–water partition coefficient (Wildman–Crippen LogP) is 2.00. The second kappa shape index (κ2) is 8.34. The highest BCUT2D eigenvalue weighted by atomic mass is 16.2. The normalized spacial score (nSPS) is 13.6. The van der Waals surface area contributed by atoms with E-state index in [1.807, 2.05) is 44.2 Å². The van der Waals surface area contributed by atoms with Gasteiger partial charge in [-0.05, 0) is 30.7 Å². The molecular formula is C16H23N3O. The molecule has 0 spiro atoms. The first-order valence-electron chi connectivity index (χ1n) is 7.02. The van der Waals surface area contributed by atoms with Gasteiger partial charge < -0.3 is 11.1 Å². The van der Waals surface area contributed by atoms with Crippen LogP contribution in [0.3, 0.4) is 0 Å². The Balaban J connectivity index is 2.43. The van der Waals surface area contributed by atoms with Crippen molar-refractivity contribution in [2.24, 2.45) is 11.7 Å². The van der Waals surface area contributed by atoms with E-state index in [0.717, 1.165) is 12.0 Å². The van der Waals surface area contributed by atoms with Crippen molar-refractivity contribution in [3.63, 3.8) is 0 Å². The fraction of sp³-hybridized carbons (Fsp3) is 0.500. The number of hydrogen-bond acceptors (Lipinski definition) is 3.